The first-order valence-electron chi connectivity index (χ1n) is 10.3. The number of hydrogen-bond acceptors (Lipinski definition) is 4. The first kappa shape index (κ1) is 20.6. The van der Waals surface area contributed by atoms with Gasteiger partial charge in [0, 0.05) is 30.5 Å². The molecule has 6 heteroatoms. The van der Waals surface area contributed by atoms with Crippen LogP contribution in [-0.4, -0.2) is 34.5 Å². The lowest BCUT2D eigenvalue weighted by Gasteiger charge is -2.08. The Bertz CT molecular complexity index is 1210. The van der Waals surface area contributed by atoms with Gasteiger partial charge in [-0.15, -0.1) is 0 Å². The molecule has 0 unspecified atom stereocenters. The van der Waals surface area contributed by atoms with Crippen molar-refractivity contribution in [1.29, 1.82) is 0 Å². The van der Waals surface area contributed by atoms with Crippen LogP contribution >= 0.6 is 11.3 Å². The number of fused-ring (bicyclic) bond motifs is 3. The number of rotatable bonds is 7. The largest absolute Gasteiger partial charge is 0.379 e. The van der Waals surface area contributed by atoms with Crippen LogP contribution in [0.25, 0.3) is 26.4 Å². The zero-order valence-corrected chi connectivity index (χ0v) is 18.7. The number of benzene rings is 2. The van der Waals surface area contributed by atoms with Crippen molar-refractivity contribution in [2.75, 3.05) is 13.2 Å². The molecule has 4 rings (SSSR count). The van der Waals surface area contributed by atoms with Crippen LogP contribution in [0.2, 0.25) is 0 Å². The van der Waals surface area contributed by atoms with Gasteiger partial charge in [-0.3, -0.25) is 9.20 Å². The molecule has 4 aromatic rings. The van der Waals surface area contributed by atoms with Crippen LogP contribution in [0.3, 0.4) is 0 Å². The van der Waals surface area contributed by atoms with Gasteiger partial charge in [-0.05, 0) is 57.9 Å². The predicted octanol–water partition coefficient (Wildman–Crippen LogP) is 5.38. The van der Waals surface area contributed by atoms with Crippen LogP contribution < -0.4 is 5.32 Å². The van der Waals surface area contributed by atoms with E-state index in [1.54, 1.807) is 11.3 Å². The SMILES string of the molecule is Cc1ccc(-c2cn3c(n2)sc2cc(C(=O)NCCCOC(C)C)ccc23)c(C)c1. The second kappa shape index (κ2) is 8.58. The lowest BCUT2D eigenvalue weighted by atomic mass is 10.0. The van der Waals surface area contributed by atoms with Gasteiger partial charge in [0.15, 0.2) is 4.96 Å². The van der Waals surface area contributed by atoms with E-state index in [4.69, 9.17) is 9.72 Å². The average Bonchev–Trinajstić information content (AvgIpc) is 3.24. The maximum absolute atomic E-state index is 12.5. The van der Waals surface area contributed by atoms with Crippen molar-refractivity contribution in [2.24, 2.45) is 0 Å². The van der Waals surface area contributed by atoms with E-state index in [0.29, 0.717) is 18.7 Å². The molecule has 0 bridgehead atoms. The Morgan fingerprint density at radius 2 is 2.03 bits per heavy atom. The molecule has 30 heavy (non-hydrogen) atoms. The van der Waals surface area contributed by atoms with Gasteiger partial charge >= 0.3 is 0 Å². The molecule has 0 saturated heterocycles. The molecule has 0 aliphatic rings. The zero-order valence-electron chi connectivity index (χ0n) is 17.9. The third-order valence-corrected chi connectivity index (χ3v) is 6.09. The summed E-state index contributed by atoms with van der Waals surface area (Å²) in [7, 11) is 0. The first-order valence-corrected chi connectivity index (χ1v) is 11.1. The fraction of sp³-hybridized carbons (Fsp3) is 0.333. The lowest BCUT2D eigenvalue weighted by Crippen LogP contribution is -2.25. The van der Waals surface area contributed by atoms with Crippen molar-refractivity contribution < 1.29 is 9.53 Å². The van der Waals surface area contributed by atoms with Crippen LogP contribution in [0.4, 0.5) is 0 Å². The van der Waals surface area contributed by atoms with E-state index in [1.165, 1.54) is 11.1 Å². The minimum atomic E-state index is -0.0524. The van der Waals surface area contributed by atoms with Gasteiger partial charge in [-0.1, -0.05) is 35.1 Å². The molecule has 2 aromatic heterocycles. The van der Waals surface area contributed by atoms with Crippen LogP contribution in [0, 0.1) is 13.8 Å². The number of carbonyl (C=O) groups is 1. The number of nitrogens with one attached hydrogen (secondary N) is 1. The minimum Gasteiger partial charge on any atom is -0.379 e. The number of carbonyl (C=O) groups excluding carboxylic acids is 1. The summed E-state index contributed by atoms with van der Waals surface area (Å²) in [4.78, 5) is 18.2. The molecule has 1 N–H and O–H groups in total. The topological polar surface area (TPSA) is 55.6 Å². The van der Waals surface area contributed by atoms with Gasteiger partial charge in [-0.25, -0.2) is 4.98 Å². The second-order valence-corrected chi connectivity index (χ2v) is 8.92. The number of ether oxygens (including phenoxy) is 1. The Hall–Kier alpha value is -2.70. The molecule has 0 radical (unpaired) electrons. The Morgan fingerprint density at radius 3 is 2.80 bits per heavy atom. The molecular formula is C24H27N3O2S. The monoisotopic (exact) mass is 421 g/mol. The molecule has 0 aliphatic carbocycles. The van der Waals surface area contributed by atoms with Crippen molar-refractivity contribution in [3.05, 3.63) is 59.3 Å². The van der Waals surface area contributed by atoms with Crippen molar-refractivity contribution >= 4 is 32.4 Å². The summed E-state index contributed by atoms with van der Waals surface area (Å²) in [5.74, 6) is -0.0524. The van der Waals surface area contributed by atoms with Gasteiger partial charge in [0.25, 0.3) is 5.91 Å². The van der Waals surface area contributed by atoms with Gasteiger partial charge in [0.05, 0.1) is 22.0 Å². The molecule has 2 heterocycles. The Balaban J connectivity index is 1.52. The van der Waals surface area contributed by atoms with Crippen LogP contribution in [0.5, 0.6) is 0 Å². The third-order valence-electron chi connectivity index (χ3n) is 5.07. The number of aromatic nitrogens is 2. The summed E-state index contributed by atoms with van der Waals surface area (Å²) in [6.07, 6.45) is 3.11. The van der Waals surface area contributed by atoms with E-state index in [0.717, 1.165) is 32.9 Å². The average molecular weight is 422 g/mol. The minimum absolute atomic E-state index is 0.0524. The Morgan fingerprint density at radius 1 is 1.20 bits per heavy atom. The molecule has 0 atom stereocenters. The van der Waals surface area contributed by atoms with E-state index < -0.39 is 0 Å². The molecule has 156 valence electrons. The fourth-order valence-electron chi connectivity index (χ4n) is 3.57. The van der Waals surface area contributed by atoms with Crippen LogP contribution in [0.1, 0.15) is 41.8 Å². The highest BCUT2D eigenvalue weighted by Crippen LogP contribution is 2.31. The summed E-state index contributed by atoms with van der Waals surface area (Å²) in [6.45, 7) is 9.50. The van der Waals surface area contributed by atoms with Gasteiger partial charge in [0.1, 0.15) is 0 Å². The third kappa shape index (κ3) is 4.25. The van der Waals surface area contributed by atoms with Crippen LogP contribution in [0.15, 0.2) is 42.6 Å². The van der Waals surface area contributed by atoms with Gasteiger partial charge < -0.3 is 10.1 Å². The molecular weight excluding hydrogens is 394 g/mol. The van der Waals surface area contributed by atoms with Gasteiger partial charge in [0.2, 0.25) is 0 Å². The van der Waals surface area contributed by atoms with E-state index in [9.17, 15) is 4.79 Å². The summed E-state index contributed by atoms with van der Waals surface area (Å²) >= 11 is 1.60. The Labute approximate surface area is 180 Å². The molecule has 1 amide bonds. The predicted molar refractivity (Wildman–Crippen MR) is 124 cm³/mol. The molecule has 0 fully saturated rings. The summed E-state index contributed by atoms with van der Waals surface area (Å²) in [6, 6.07) is 12.3. The van der Waals surface area contributed by atoms with E-state index in [1.807, 2.05) is 32.0 Å². The van der Waals surface area contributed by atoms with Crippen molar-refractivity contribution in [2.45, 2.75) is 40.2 Å². The quantitative estimate of drug-likeness (QED) is 0.408. The lowest BCUT2D eigenvalue weighted by molar-refractivity contribution is 0.0757. The normalized spacial score (nSPS) is 11.6. The smallest absolute Gasteiger partial charge is 0.251 e. The highest BCUT2D eigenvalue weighted by molar-refractivity contribution is 7.23. The number of hydrogen-bond donors (Lipinski definition) is 1. The molecule has 2 aromatic carbocycles. The maximum Gasteiger partial charge on any atom is 0.251 e. The fourth-order valence-corrected chi connectivity index (χ4v) is 4.62. The first-order chi connectivity index (χ1) is 14.4. The summed E-state index contributed by atoms with van der Waals surface area (Å²) in [5, 5.41) is 2.97. The van der Waals surface area contributed by atoms with Crippen molar-refractivity contribution in [1.82, 2.24) is 14.7 Å². The zero-order chi connectivity index (χ0) is 21.3. The molecule has 0 spiro atoms. The molecule has 0 aliphatic heterocycles. The van der Waals surface area contributed by atoms with Crippen molar-refractivity contribution in [3.8, 4) is 11.3 Å². The number of nitrogens with zero attached hydrogens (tertiary/aromatic N) is 2. The standard InChI is InChI=1S/C24H27N3O2S/c1-15(2)29-11-5-10-25-23(28)18-7-9-21-22(13-18)30-24-26-20(14-27(21)24)19-8-6-16(3)12-17(19)4/h6-9,12-15H,5,10-11H2,1-4H3,(H,25,28). The summed E-state index contributed by atoms with van der Waals surface area (Å²) in [5.41, 5.74) is 6.35. The van der Waals surface area contributed by atoms with Crippen molar-refractivity contribution in [3.63, 3.8) is 0 Å². The van der Waals surface area contributed by atoms with E-state index >= 15 is 0 Å². The number of imidazole rings is 1. The maximum atomic E-state index is 12.5. The van der Waals surface area contributed by atoms with Gasteiger partial charge in [-0.2, -0.15) is 0 Å². The summed E-state index contributed by atoms with van der Waals surface area (Å²) < 4.78 is 8.67. The second-order valence-electron chi connectivity index (χ2n) is 7.91. The van der Waals surface area contributed by atoms with Crippen LogP contribution in [-0.2, 0) is 4.74 Å². The molecule has 5 nitrogen and oxygen atoms in total. The number of aryl methyl sites for hydroxylation is 2. The highest BCUT2D eigenvalue weighted by atomic mass is 32.1. The number of amides is 1. The van der Waals surface area contributed by atoms with E-state index in [2.05, 4.69) is 48.0 Å². The number of thiazole rings is 1. The molecule has 0 saturated carbocycles. The van der Waals surface area contributed by atoms with E-state index in [-0.39, 0.29) is 12.0 Å². The Kier molecular flexibility index (Phi) is 5.88. The highest BCUT2D eigenvalue weighted by Gasteiger charge is 2.14.